The van der Waals surface area contributed by atoms with Gasteiger partial charge < -0.3 is 14.0 Å². The summed E-state index contributed by atoms with van der Waals surface area (Å²) in [6.07, 6.45) is -5.90. The lowest BCUT2D eigenvalue weighted by Gasteiger charge is -2.21. The minimum absolute atomic E-state index is 0.0404. The van der Waals surface area contributed by atoms with Gasteiger partial charge in [0.15, 0.2) is 0 Å². The van der Waals surface area contributed by atoms with Crippen LogP contribution in [0.2, 0.25) is 0 Å². The molecule has 1 aliphatic rings. The van der Waals surface area contributed by atoms with Crippen LogP contribution in [0.15, 0.2) is 48.5 Å². The van der Waals surface area contributed by atoms with Gasteiger partial charge in [0.05, 0.1) is 12.4 Å². The van der Waals surface area contributed by atoms with E-state index in [1.54, 1.807) is 6.07 Å². The Morgan fingerprint density at radius 2 is 1.79 bits per heavy atom. The average molecular weight is 430 g/mol. The van der Waals surface area contributed by atoms with Crippen LogP contribution in [0.1, 0.15) is 30.1 Å². The van der Waals surface area contributed by atoms with Crippen molar-refractivity contribution in [1.82, 2.24) is 0 Å². The second-order valence-electron chi connectivity index (χ2n) is 6.92. The maximum Gasteiger partial charge on any atom is 0.389 e. The highest BCUT2D eigenvalue weighted by molar-refractivity contribution is 7.87. The molecular formula is C20H21F3O5S. The smallest absolute Gasteiger partial charge is 0.389 e. The molecule has 0 heterocycles. The van der Waals surface area contributed by atoms with E-state index < -0.39 is 41.0 Å². The highest BCUT2D eigenvalue weighted by Crippen LogP contribution is 2.39. The maximum atomic E-state index is 12.2. The lowest BCUT2D eigenvalue weighted by molar-refractivity contribution is -0.134. The normalized spacial score (nSPS) is 19.0. The molecule has 3 rings (SSSR count). The summed E-state index contributed by atoms with van der Waals surface area (Å²) in [6, 6.07) is 13.6. The number of rotatable bonds is 8. The van der Waals surface area contributed by atoms with Crippen molar-refractivity contribution in [3.05, 3.63) is 59.7 Å². The Kier molecular flexibility index (Phi) is 6.38. The van der Waals surface area contributed by atoms with Crippen molar-refractivity contribution in [2.45, 2.75) is 31.5 Å². The summed E-state index contributed by atoms with van der Waals surface area (Å²) in [5.74, 6) is -0.572. The molecule has 1 aliphatic carbocycles. The molecule has 0 saturated heterocycles. The van der Waals surface area contributed by atoms with Crippen LogP contribution in [-0.2, 0) is 16.5 Å². The third kappa shape index (κ3) is 5.86. The Morgan fingerprint density at radius 3 is 2.52 bits per heavy atom. The number of hydrogen-bond acceptors (Lipinski definition) is 5. The molecule has 0 radical (unpaired) electrons. The fourth-order valence-corrected chi connectivity index (χ4v) is 4.32. The molecule has 0 fully saturated rings. The van der Waals surface area contributed by atoms with Crippen molar-refractivity contribution in [3.63, 3.8) is 0 Å². The average Bonchev–Trinajstić information content (AvgIpc) is 2.98. The second kappa shape index (κ2) is 8.62. The van der Waals surface area contributed by atoms with E-state index in [1.807, 2.05) is 24.3 Å². The number of halogens is 3. The SMILES string of the molecule is O=S(=O)(CCCC(F)(F)F)Oc1cccc(OC2c3ccccc3CC2CO)c1. The molecule has 9 heteroatoms. The molecule has 0 amide bonds. The van der Waals surface area contributed by atoms with Crippen LogP contribution in [0.5, 0.6) is 11.5 Å². The van der Waals surface area contributed by atoms with E-state index in [1.165, 1.54) is 18.2 Å². The van der Waals surface area contributed by atoms with Gasteiger partial charge in [-0.3, -0.25) is 0 Å². The Hall–Kier alpha value is -2.26. The topological polar surface area (TPSA) is 72.8 Å². The minimum Gasteiger partial charge on any atom is -0.485 e. The monoisotopic (exact) mass is 430 g/mol. The summed E-state index contributed by atoms with van der Waals surface area (Å²) in [7, 11) is -4.16. The Bertz CT molecular complexity index is 943. The number of ether oxygens (including phenoxy) is 1. The highest BCUT2D eigenvalue weighted by Gasteiger charge is 2.33. The van der Waals surface area contributed by atoms with E-state index in [9.17, 15) is 26.7 Å². The Balaban J connectivity index is 1.68. The predicted octanol–water partition coefficient (Wildman–Crippen LogP) is 4.02. The molecule has 0 spiro atoms. The standard InChI is InChI=1S/C20H21F3O5S/c21-20(22,23)9-4-10-29(25,26)28-17-7-3-6-16(12-17)27-19-15(13-24)11-14-5-1-2-8-18(14)19/h1-3,5-8,12,15,19,24H,4,9-11,13H2. The molecule has 1 N–H and O–H groups in total. The fraction of sp³-hybridized carbons (Fsp3) is 0.400. The third-order valence-electron chi connectivity index (χ3n) is 4.65. The molecule has 0 aromatic heterocycles. The van der Waals surface area contributed by atoms with Crippen molar-refractivity contribution in [3.8, 4) is 11.5 Å². The van der Waals surface area contributed by atoms with Gasteiger partial charge in [-0.2, -0.15) is 21.6 Å². The molecule has 158 valence electrons. The maximum absolute atomic E-state index is 12.2. The molecule has 2 unspecified atom stereocenters. The van der Waals surface area contributed by atoms with E-state index in [0.717, 1.165) is 11.1 Å². The summed E-state index contributed by atoms with van der Waals surface area (Å²) in [6.45, 7) is -0.0663. The number of hydrogen-bond donors (Lipinski definition) is 1. The van der Waals surface area contributed by atoms with Gasteiger partial charge in [-0.1, -0.05) is 30.3 Å². The Morgan fingerprint density at radius 1 is 1.07 bits per heavy atom. The molecule has 2 aromatic carbocycles. The van der Waals surface area contributed by atoms with Crippen LogP contribution >= 0.6 is 0 Å². The lowest BCUT2D eigenvalue weighted by atomic mass is 10.0. The number of alkyl halides is 3. The van der Waals surface area contributed by atoms with E-state index in [2.05, 4.69) is 0 Å². The number of aliphatic hydroxyl groups excluding tert-OH is 1. The fourth-order valence-electron chi connectivity index (χ4n) is 3.34. The second-order valence-corrected chi connectivity index (χ2v) is 8.61. The number of fused-ring (bicyclic) bond motifs is 1. The van der Waals surface area contributed by atoms with Gasteiger partial charge in [0.1, 0.15) is 17.6 Å². The lowest BCUT2D eigenvalue weighted by Crippen LogP contribution is -2.18. The zero-order valence-electron chi connectivity index (χ0n) is 15.4. The van der Waals surface area contributed by atoms with Crippen LogP contribution in [0.25, 0.3) is 0 Å². The van der Waals surface area contributed by atoms with Gasteiger partial charge in [-0.15, -0.1) is 0 Å². The van der Waals surface area contributed by atoms with Crippen LogP contribution in [0, 0.1) is 5.92 Å². The molecule has 29 heavy (non-hydrogen) atoms. The first-order valence-corrected chi connectivity index (χ1v) is 10.7. The van der Waals surface area contributed by atoms with Crippen molar-refractivity contribution >= 4 is 10.1 Å². The van der Waals surface area contributed by atoms with Gasteiger partial charge in [-0.25, -0.2) is 0 Å². The van der Waals surface area contributed by atoms with Crippen molar-refractivity contribution < 1.29 is 35.6 Å². The number of aliphatic hydroxyl groups is 1. The van der Waals surface area contributed by atoms with Crippen molar-refractivity contribution in [2.75, 3.05) is 12.4 Å². The molecular weight excluding hydrogens is 409 g/mol. The first kappa shape index (κ1) is 21.4. The predicted molar refractivity (Wildman–Crippen MR) is 100 cm³/mol. The third-order valence-corrected chi connectivity index (χ3v) is 5.89. The van der Waals surface area contributed by atoms with Crippen molar-refractivity contribution in [2.24, 2.45) is 5.92 Å². The molecule has 0 saturated carbocycles. The summed E-state index contributed by atoms with van der Waals surface area (Å²) in [5.41, 5.74) is 2.04. The zero-order chi connectivity index (χ0) is 21.1. The quantitative estimate of drug-likeness (QED) is 0.641. The van der Waals surface area contributed by atoms with Crippen LogP contribution < -0.4 is 8.92 Å². The summed E-state index contributed by atoms with van der Waals surface area (Å²) in [4.78, 5) is 0. The molecule has 2 aromatic rings. The first-order valence-electron chi connectivity index (χ1n) is 9.11. The molecule has 0 bridgehead atoms. The number of benzene rings is 2. The molecule has 5 nitrogen and oxygen atoms in total. The largest absolute Gasteiger partial charge is 0.485 e. The first-order chi connectivity index (χ1) is 13.7. The summed E-state index contributed by atoms with van der Waals surface area (Å²) < 4.78 is 71.4. The summed E-state index contributed by atoms with van der Waals surface area (Å²) >= 11 is 0. The highest BCUT2D eigenvalue weighted by atomic mass is 32.2. The van der Waals surface area contributed by atoms with Gasteiger partial charge in [0.2, 0.25) is 0 Å². The van der Waals surface area contributed by atoms with E-state index >= 15 is 0 Å². The Labute approximate surface area is 167 Å². The van der Waals surface area contributed by atoms with Gasteiger partial charge in [0, 0.05) is 18.4 Å². The van der Waals surface area contributed by atoms with E-state index in [0.29, 0.717) is 12.2 Å². The van der Waals surface area contributed by atoms with Crippen LogP contribution in [-0.4, -0.2) is 32.1 Å². The van der Waals surface area contributed by atoms with E-state index in [4.69, 9.17) is 8.92 Å². The minimum atomic E-state index is -4.41. The van der Waals surface area contributed by atoms with E-state index in [-0.39, 0.29) is 18.3 Å². The van der Waals surface area contributed by atoms with Crippen LogP contribution in [0.4, 0.5) is 13.2 Å². The zero-order valence-corrected chi connectivity index (χ0v) is 16.2. The van der Waals surface area contributed by atoms with Gasteiger partial charge in [0.25, 0.3) is 0 Å². The molecule has 2 atom stereocenters. The van der Waals surface area contributed by atoms with Crippen LogP contribution in [0.3, 0.4) is 0 Å². The summed E-state index contributed by atoms with van der Waals surface area (Å²) in [5, 5.41) is 9.67. The van der Waals surface area contributed by atoms with Gasteiger partial charge in [-0.05, 0) is 36.1 Å². The van der Waals surface area contributed by atoms with Gasteiger partial charge >= 0.3 is 16.3 Å². The van der Waals surface area contributed by atoms with Crippen molar-refractivity contribution in [1.29, 1.82) is 0 Å². The molecule has 0 aliphatic heterocycles.